The lowest BCUT2D eigenvalue weighted by Crippen LogP contribution is -2.46. The lowest BCUT2D eigenvalue weighted by atomic mass is 9.90. The molecule has 0 bridgehead atoms. The highest BCUT2D eigenvalue weighted by molar-refractivity contribution is 7.99. The maximum atomic E-state index is 3.96. The number of nitrogens with zero attached hydrogens (tertiary/aromatic N) is 1. The Hall–Kier alpha value is 0.270. The minimum Gasteiger partial charge on any atom is -0.310 e. The van der Waals surface area contributed by atoms with Gasteiger partial charge in [-0.15, -0.1) is 0 Å². The topological polar surface area (TPSA) is 15.3 Å². The zero-order chi connectivity index (χ0) is 13.0. The molecule has 2 nitrogen and oxygen atoms in total. The fraction of sp³-hybridized carbons (Fsp3) is 1.00. The van der Waals surface area contributed by atoms with Crippen LogP contribution in [-0.2, 0) is 0 Å². The van der Waals surface area contributed by atoms with Crippen molar-refractivity contribution in [2.24, 2.45) is 5.92 Å². The van der Waals surface area contributed by atoms with Gasteiger partial charge >= 0.3 is 0 Å². The number of hydrogen-bond acceptors (Lipinski definition) is 3. The van der Waals surface area contributed by atoms with Crippen molar-refractivity contribution >= 4 is 11.8 Å². The van der Waals surface area contributed by atoms with Gasteiger partial charge < -0.3 is 10.2 Å². The fourth-order valence-electron chi connectivity index (χ4n) is 3.53. The summed E-state index contributed by atoms with van der Waals surface area (Å²) in [5.41, 5.74) is 0. The van der Waals surface area contributed by atoms with E-state index >= 15 is 0 Å². The van der Waals surface area contributed by atoms with E-state index in [9.17, 15) is 0 Å². The summed E-state index contributed by atoms with van der Waals surface area (Å²) in [6.07, 6.45) is 7.01. The third-order valence-corrected chi connectivity index (χ3v) is 6.11. The van der Waals surface area contributed by atoms with Crippen molar-refractivity contribution in [3.05, 3.63) is 0 Å². The first-order chi connectivity index (χ1) is 8.70. The summed E-state index contributed by atoms with van der Waals surface area (Å²) >= 11 is 2.17. The molecule has 2 rings (SSSR count). The van der Waals surface area contributed by atoms with E-state index in [-0.39, 0.29) is 0 Å². The van der Waals surface area contributed by atoms with E-state index in [1.165, 1.54) is 50.9 Å². The average molecular weight is 270 g/mol. The van der Waals surface area contributed by atoms with E-state index in [0.717, 1.165) is 17.2 Å². The van der Waals surface area contributed by atoms with Crippen LogP contribution in [0.2, 0.25) is 0 Å². The molecule has 18 heavy (non-hydrogen) atoms. The molecule has 1 aliphatic heterocycles. The van der Waals surface area contributed by atoms with E-state index in [4.69, 9.17) is 0 Å². The van der Waals surface area contributed by atoms with Gasteiger partial charge in [0.1, 0.15) is 0 Å². The summed E-state index contributed by atoms with van der Waals surface area (Å²) in [6, 6.07) is 1.49. The van der Waals surface area contributed by atoms with E-state index < -0.39 is 0 Å². The SMILES string of the molecule is CCSC1CCCC1NC(C)C1CCN(C)CC1. The Morgan fingerprint density at radius 3 is 2.61 bits per heavy atom. The molecule has 0 amide bonds. The molecular formula is C15H30N2S. The van der Waals surface area contributed by atoms with E-state index in [2.05, 4.69) is 42.9 Å². The molecule has 1 N–H and O–H groups in total. The Labute approximate surface area is 117 Å². The van der Waals surface area contributed by atoms with Crippen molar-refractivity contribution in [3.63, 3.8) is 0 Å². The van der Waals surface area contributed by atoms with Crippen molar-refractivity contribution in [3.8, 4) is 0 Å². The van der Waals surface area contributed by atoms with Gasteiger partial charge in [0.25, 0.3) is 0 Å². The summed E-state index contributed by atoms with van der Waals surface area (Å²) in [5.74, 6) is 2.17. The predicted molar refractivity (Wildman–Crippen MR) is 82.4 cm³/mol. The molecule has 3 heteroatoms. The largest absolute Gasteiger partial charge is 0.310 e. The molecule has 106 valence electrons. The highest BCUT2D eigenvalue weighted by Crippen LogP contribution is 2.31. The number of nitrogens with one attached hydrogen (secondary N) is 1. The van der Waals surface area contributed by atoms with Gasteiger partial charge in [-0.2, -0.15) is 11.8 Å². The van der Waals surface area contributed by atoms with Crippen molar-refractivity contribution in [1.29, 1.82) is 0 Å². The molecule has 0 radical (unpaired) electrons. The number of rotatable bonds is 5. The summed E-state index contributed by atoms with van der Waals surface area (Å²) < 4.78 is 0. The zero-order valence-corrected chi connectivity index (χ0v) is 13.1. The molecule has 1 aliphatic carbocycles. The van der Waals surface area contributed by atoms with Crippen molar-refractivity contribution in [2.75, 3.05) is 25.9 Å². The van der Waals surface area contributed by atoms with Crippen molar-refractivity contribution in [1.82, 2.24) is 10.2 Å². The fourth-order valence-corrected chi connectivity index (χ4v) is 4.74. The molecule has 2 aliphatic rings. The lowest BCUT2D eigenvalue weighted by Gasteiger charge is -2.35. The van der Waals surface area contributed by atoms with Crippen LogP contribution < -0.4 is 5.32 Å². The summed E-state index contributed by atoms with van der Waals surface area (Å²) in [4.78, 5) is 2.47. The molecular weight excluding hydrogens is 240 g/mol. The normalized spacial score (nSPS) is 32.8. The standard InChI is InChI=1S/C15H30N2S/c1-4-18-15-7-5-6-14(15)16-12(2)13-8-10-17(3)11-9-13/h12-16H,4-11H2,1-3H3. The Balaban J connectivity index is 1.77. The van der Waals surface area contributed by atoms with Gasteiger partial charge in [-0.1, -0.05) is 13.3 Å². The highest BCUT2D eigenvalue weighted by atomic mass is 32.2. The number of piperidine rings is 1. The molecule has 1 saturated heterocycles. The van der Waals surface area contributed by atoms with E-state index in [1.54, 1.807) is 0 Å². The second kappa shape index (κ2) is 7.16. The van der Waals surface area contributed by atoms with Gasteiger partial charge in [0.05, 0.1) is 0 Å². The zero-order valence-electron chi connectivity index (χ0n) is 12.3. The second-order valence-corrected chi connectivity index (χ2v) is 7.64. The molecule has 1 heterocycles. The summed E-state index contributed by atoms with van der Waals surface area (Å²) in [6.45, 7) is 7.28. The number of likely N-dealkylation sites (tertiary alicyclic amines) is 1. The van der Waals surface area contributed by atoms with Crippen molar-refractivity contribution in [2.45, 2.75) is 63.3 Å². The summed E-state index contributed by atoms with van der Waals surface area (Å²) in [5, 5.41) is 4.84. The molecule has 3 unspecified atom stereocenters. The summed E-state index contributed by atoms with van der Waals surface area (Å²) in [7, 11) is 2.25. The van der Waals surface area contributed by atoms with Gasteiger partial charge in [-0.3, -0.25) is 0 Å². The van der Waals surface area contributed by atoms with Crippen molar-refractivity contribution < 1.29 is 0 Å². The number of thioether (sulfide) groups is 1. The quantitative estimate of drug-likeness (QED) is 0.827. The third kappa shape index (κ3) is 3.88. The molecule has 0 aromatic heterocycles. The maximum Gasteiger partial charge on any atom is 0.0201 e. The van der Waals surface area contributed by atoms with Gasteiger partial charge in [0.2, 0.25) is 0 Å². The first-order valence-electron chi connectivity index (χ1n) is 7.77. The van der Waals surface area contributed by atoms with Crippen LogP contribution in [0.4, 0.5) is 0 Å². The Bertz CT molecular complexity index is 239. The van der Waals surface area contributed by atoms with Crippen LogP contribution in [0.15, 0.2) is 0 Å². The minimum absolute atomic E-state index is 0.710. The molecule has 1 saturated carbocycles. The van der Waals surface area contributed by atoms with Crippen LogP contribution in [0.3, 0.4) is 0 Å². The van der Waals surface area contributed by atoms with Gasteiger partial charge in [0.15, 0.2) is 0 Å². The van der Waals surface area contributed by atoms with E-state index in [1.807, 2.05) is 0 Å². The van der Waals surface area contributed by atoms with Crippen LogP contribution in [0.5, 0.6) is 0 Å². The molecule has 0 aromatic carbocycles. The van der Waals surface area contributed by atoms with Gasteiger partial charge in [-0.05, 0) is 64.4 Å². The maximum absolute atomic E-state index is 3.96. The lowest BCUT2D eigenvalue weighted by molar-refractivity contribution is 0.184. The smallest absolute Gasteiger partial charge is 0.0201 e. The Morgan fingerprint density at radius 2 is 1.94 bits per heavy atom. The van der Waals surface area contributed by atoms with E-state index in [0.29, 0.717) is 6.04 Å². The molecule has 0 spiro atoms. The van der Waals surface area contributed by atoms with Crippen LogP contribution in [0.25, 0.3) is 0 Å². The molecule has 3 atom stereocenters. The number of hydrogen-bond donors (Lipinski definition) is 1. The minimum atomic E-state index is 0.710. The third-order valence-electron chi connectivity index (χ3n) is 4.78. The van der Waals surface area contributed by atoms with Crippen LogP contribution in [0, 0.1) is 5.92 Å². The first kappa shape index (κ1) is 14.7. The first-order valence-corrected chi connectivity index (χ1v) is 8.81. The highest BCUT2D eigenvalue weighted by Gasteiger charge is 2.30. The monoisotopic (exact) mass is 270 g/mol. The molecule has 0 aromatic rings. The Morgan fingerprint density at radius 1 is 1.22 bits per heavy atom. The van der Waals surface area contributed by atoms with Gasteiger partial charge in [0, 0.05) is 17.3 Å². The molecule has 2 fully saturated rings. The van der Waals surface area contributed by atoms with Crippen LogP contribution >= 0.6 is 11.8 Å². The van der Waals surface area contributed by atoms with Gasteiger partial charge in [-0.25, -0.2) is 0 Å². The van der Waals surface area contributed by atoms with Crippen LogP contribution in [-0.4, -0.2) is 48.1 Å². The van der Waals surface area contributed by atoms with Crippen LogP contribution in [0.1, 0.15) is 46.0 Å². The Kier molecular flexibility index (Phi) is 5.84. The predicted octanol–water partition coefficient (Wildman–Crippen LogP) is 2.98. The average Bonchev–Trinajstić information content (AvgIpc) is 2.78. The second-order valence-electron chi connectivity index (χ2n) is 6.13.